The van der Waals surface area contributed by atoms with E-state index in [4.69, 9.17) is 10.00 Å². The number of halogens is 4. The van der Waals surface area contributed by atoms with Crippen LogP contribution in [0.25, 0.3) is 0 Å². The summed E-state index contributed by atoms with van der Waals surface area (Å²) in [6.45, 7) is 0. The monoisotopic (exact) mass is 457 g/mol. The number of nitrogens with zero attached hydrogens (tertiary/aromatic N) is 3. The molecule has 2 aliphatic rings. The molecule has 10 heteroatoms. The number of allylic oxidation sites excluding steroid dienone is 1. The largest absolute Gasteiger partial charge is 0.495 e. The second-order valence-electron chi connectivity index (χ2n) is 7.47. The van der Waals surface area contributed by atoms with Gasteiger partial charge in [-0.15, -0.1) is 0 Å². The molecule has 2 aromatic rings. The Kier molecular flexibility index (Phi) is 5.91. The maximum atomic E-state index is 14.7. The Balaban J connectivity index is 1.66. The van der Waals surface area contributed by atoms with Gasteiger partial charge in [0.2, 0.25) is 5.96 Å². The molecule has 170 valence electrons. The van der Waals surface area contributed by atoms with Crippen LogP contribution in [0.1, 0.15) is 29.0 Å². The molecule has 2 aromatic carbocycles. The summed E-state index contributed by atoms with van der Waals surface area (Å²) in [6, 6.07) is 9.49. The number of likely N-dealkylation sites (N-methyl/N-ethyl adjacent to an activating group) is 1. The summed E-state index contributed by atoms with van der Waals surface area (Å²) in [5.41, 5.74) is 1.34. The van der Waals surface area contributed by atoms with Crippen molar-refractivity contribution < 1.29 is 22.3 Å². The molecule has 2 N–H and O–H groups in total. The minimum atomic E-state index is -4.62. The Bertz CT molecular complexity index is 1230. The third kappa shape index (κ3) is 4.32. The van der Waals surface area contributed by atoms with Gasteiger partial charge >= 0.3 is 6.18 Å². The molecule has 6 nitrogen and oxygen atoms in total. The van der Waals surface area contributed by atoms with Crippen LogP contribution in [0.5, 0.6) is 5.75 Å². The lowest BCUT2D eigenvalue weighted by atomic mass is 9.91. The fraction of sp³-hybridized carbons (Fsp3) is 0.261. The highest BCUT2D eigenvalue weighted by Crippen LogP contribution is 2.38. The number of hydrogen-bond acceptors (Lipinski definition) is 6. The predicted octanol–water partition coefficient (Wildman–Crippen LogP) is 4.61. The standard InChI is InChI=1S/C23H19F4N5O/c1-29-21-17-8-7-16(15-6-4-13(9-18(15)24)23(25,26)27)20(17)31-22(32-21)30-14-5-3-12(11-28)19(10-14)33-2/h3-6,8-10,16,21,29H,7H2,1-2H3,(H,30,32). The summed E-state index contributed by atoms with van der Waals surface area (Å²) in [4.78, 5) is 9.08. The molecule has 0 saturated heterocycles. The molecule has 4 rings (SSSR count). The molecular weight excluding hydrogens is 438 g/mol. The third-order valence-corrected chi connectivity index (χ3v) is 5.53. The topological polar surface area (TPSA) is 81.8 Å². The average Bonchev–Trinajstić information content (AvgIpc) is 3.21. The van der Waals surface area contributed by atoms with Crippen molar-refractivity contribution in [2.45, 2.75) is 24.7 Å². The van der Waals surface area contributed by atoms with Gasteiger partial charge in [-0.2, -0.15) is 18.4 Å². The molecule has 33 heavy (non-hydrogen) atoms. The van der Waals surface area contributed by atoms with E-state index in [0.29, 0.717) is 35.2 Å². The highest BCUT2D eigenvalue weighted by Gasteiger charge is 2.37. The van der Waals surface area contributed by atoms with E-state index in [1.165, 1.54) is 13.2 Å². The molecule has 1 aliphatic heterocycles. The maximum absolute atomic E-state index is 14.7. The van der Waals surface area contributed by atoms with Gasteiger partial charge in [-0.25, -0.2) is 14.4 Å². The third-order valence-electron chi connectivity index (χ3n) is 5.53. The van der Waals surface area contributed by atoms with Crippen LogP contribution in [-0.4, -0.2) is 32.0 Å². The van der Waals surface area contributed by atoms with Gasteiger partial charge in [0.15, 0.2) is 0 Å². The number of methoxy groups -OCH3 is 1. The smallest absolute Gasteiger partial charge is 0.416 e. The number of guanidine groups is 1. The van der Waals surface area contributed by atoms with Crippen LogP contribution < -0.4 is 15.4 Å². The van der Waals surface area contributed by atoms with Gasteiger partial charge in [0.05, 0.1) is 23.9 Å². The molecule has 0 saturated carbocycles. The molecular formula is C23H19F4N5O. The molecule has 0 fully saturated rings. The Labute approximate surface area is 187 Å². The van der Waals surface area contributed by atoms with E-state index in [2.05, 4.69) is 20.6 Å². The van der Waals surface area contributed by atoms with Crippen molar-refractivity contribution in [3.63, 3.8) is 0 Å². The first-order valence-corrected chi connectivity index (χ1v) is 10.0. The highest BCUT2D eigenvalue weighted by molar-refractivity contribution is 6.16. The van der Waals surface area contributed by atoms with E-state index in [0.717, 1.165) is 11.6 Å². The van der Waals surface area contributed by atoms with Crippen molar-refractivity contribution in [1.29, 1.82) is 5.26 Å². The molecule has 2 atom stereocenters. The van der Waals surface area contributed by atoms with Crippen LogP contribution in [0.4, 0.5) is 23.2 Å². The number of nitrogens with one attached hydrogen (secondary N) is 2. The van der Waals surface area contributed by atoms with Gasteiger partial charge in [0.1, 0.15) is 23.8 Å². The van der Waals surface area contributed by atoms with E-state index in [1.807, 2.05) is 12.1 Å². The van der Waals surface area contributed by atoms with Crippen molar-refractivity contribution in [2.24, 2.45) is 9.98 Å². The van der Waals surface area contributed by atoms with Crippen molar-refractivity contribution >= 4 is 17.4 Å². The molecule has 0 spiro atoms. The van der Waals surface area contributed by atoms with E-state index in [9.17, 15) is 17.6 Å². The van der Waals surface area contributed by atoms with E-state index in [1.54, 1.807) is 25.2 Å². The fourth-order valence-electron chi connectivity index (χ4n) is 3.92. The van der Waals surface area contributed by atoms with Gasteiger partial charge in [-0.3, -0.25) is 5.32 Å². The second kappa shape index (κ2) is 8.67. The van der Waals surface area contributed by atoms with Crippen molar-refractivity contribution in [2.75, 3.05) is 19.5 Å². The van der Waals surface area contributed by atoms with E-state index in [-0.39, 0.29) is 11.5 Å². The SMILES string of the molecule is CNC1N=C(Nc2ccc(C#N)c(OC)c2)N=C2C1=CCC2c1ccc(C(F)(F)F)cc1F. The minimum Gasteiger partial charge on any atom is -0.495 e. The van der Waals surface area contributed by atoms with E-state index < -0.39 is 29.6 Å². The van der Waals surface area contributed by atoms with Crippen LogP contribution in [0, 0.1) is 17.1 Å². The first-order valence-electron chi connectivity index (χ1n) is 10.0. The normalized spacial score (nSPS) is 19.7. The molecule has 1 heterocycles. The number of ether oxygens (including phenoxy) is 1. The average molecular weight is 457 g/mol. The first-order chi connectivity index (χ1) is 15.7. The molecule has 0 bridgehead atoms. The quantitative estimate of drug-likeness (QED) is 0.658. The van der Waals surface area contributed by atoms with Crippen molar-refractivity contribution in [3.8, 4) is 11.8 Å². The Morgan fingerprint density at radius 2 is 1.97 bits per heavy atom. The lowest BCUT2D eigenvalue weighted by Crippen LogP contribution is -2.35. The Morgan fingerprint density at radius 1 is 1.18 bits per heavy atom. The minimum absolute atomic E-state index is 0.143. The lowest BCUT2D eigenvalue weighted by Gasteiger charge is -2.24. The van der Waals surface area contributed by atoms with Gasteiger partial charge in [-0.05, 0) is 43.3 Å². The summed E-state index contributed by atoms with van der Waals surface area (Å²) in [6.07, 6.45) is -2.82. The Hall–Kier alpha value is -3.71. The fourth-order valence-corrected chi connectivity index (χ4v) is 3.92. The zero-order valence-electron chi connectivity index (χ0n) is 17.7. The van der Waals surface area contributed by atoms with Gasteiger partial charge in [0.25, 0.3) is 0 Å². The number of aliphatic imine (C=N–C) groups is 2. The summed E-state index contributed by atoms with van der Waals surface area (Å²) < 4.78 is 58.7. The van der Waals surface area contributed by atoms with Crippen LogP contribution in [-0.2, 0) is 6.18 Å². The molecule has 0 aromatic heterocycles. The number of alkyl halides is 3. The number of benzene rings is 2. The summed E-state index contributed by atoms with van der Waals surface area (Å²) >= 11 is 0. The zero-order chi connectivity index (χ0) is 23.8. The number of fused-ring (bicyclic) bond motifs is 1. The number of anilines is 1. The molecule has 1 aliphatic carbocycles. The summed E-state index contributed by atoms with van der Waals surface area (Å²) in [7, 11) is 3.17. The van der Waals surface area contributed by atoms with Gasteiger partial charge < -0.3 is 10.1 Å². The lowest BCUT2D eigenvalue weighted by molar-refractivity contribution is -0.137. The number of hydrogen-bond donors (Lipinski definition) is 2. The number of nitriles is 1. The number of rotatable bonds is 4. The van der Waals surface area contributed by atoms with Gasteiger partial charge in [-0.1, -0.05) is 12.1 Å². The van der Waals surface area contributed by atoms with Crippen LogP contribution in [0.3, 0.4) is 0 Å². The Morgan fingerprint density at radius 3 is 2.61 bits per heavy atom. The maximum Gasteiger partial charge on any atom is 0.416 e. The molecule has 0 radical (unpaired) electrons. The van der Waals surface area contributed by atoms with Crippen LogP contribution in [0.2, 0.25) is 0 Å². The van der Waals surface area contributed by atoms with Crippen LogP contribution >= 0.6 is 0 Å². The molecule has 2 unspecified atom stereocenters. The summed E-state index contributed by atoms with van der Waals surface area (Å²) in [5.74, 6) is -0.849. The van der Waals surface area contributed by atoms with Crippen LogP contribution in [0.15, 0.2) is 58.0 Å². The zero-order valence-corrected chi connectivity index (χ0v) is 17.7. The predicted molar refractivity (Wildman–Crippen MR) is 116 cm³/mol. The summed E-state index contributed by atoms with van der Waals surface area (Å²) in [5, 5.41) is 15.3. The molecule has 0 amide bonds. The van der Waals surface area contributed by atoms with Crippen molar-refractivity contribution in [1.82, 2.24) is 5.32 Å². The first kappa shape index (κ1) is 22.5. The van der Waals surface area contributed by atoms with E-state index >= 15 is 0 Å². The highest BCUT2D eigenvalue weighted by atomic mass is 19.4. The van der Waals surface area contributed by atoms with Crippen molar-refractivity contribution in [3.05, 3.63) is 70.6 Å². The second-order valence-corrected chi connectivity index (χ2v) is 7.47. The van der Waals surface area contributed by atoms with Gasteiger partial charge in [0, 0.05) is 23.2 Å².